The van der Waals surface area contributed by atoms with Gasteiger partial charge in [0.1, 0.15) is 12.2 Å². The molecule has 0 aromatic rings. The molecule has 1 aliphatic carbocycles. The quantitative estimate of drug-likeness (QED) is 0.571. The van der Waals surface area contributed by atoms with Crippen LogP contribution in [0.1, 0.15) is 45.4 Å². The number of aliphatic hydroxyl groups is 1. The molecule has 1 rings (SSSR count). The average Bonchev–Trinajstić information content (AvgIpc) is 2.27. The summed E-state index contributed by atoms with van der Waals surface area (Å²) in [6, 6.07) is 0. The van der Waals surface area contributed by atoms with Crippen LogP contribution in [0.2, 0.25) is 0 Å². The summed E-state index contributed by atoms with van der Waals surface area (Å²) in [5.74, 6) is -0.669. The topological polar surface area (TPSA) is 63.6 Å². The fraction of sp³-hybridized carbons (Fsp3) is 0.833. The smallest absolute Gasteiger partial charge is 0.313 e. The van der Waals surface area contributed by atoms with Gasteiger partial charge in [0.25, 0.3) is 0 Å². The molecule has 0 unspecified atom stereocenters. The van der Waals surface area contributed by atoms with E-state index in [4.69, 9.17) is 4.74 Å². The minimum atomic E-state index is -0.481. The van der Waals surface area contributed by atoms with Crippen molar-refractivity contribution in [2.45, 2.75) is 45.4 Å². The standard InChI is InChI=1S/C12H20O4/c1-10(14)7-11(15)16-9-12(8-13)5-3-2-4-6-12/h13H,2-9H2,1H3. The van der Waals surface area contributed by atoms with Crippen LogP contribution in [-0.2, 0) is 14.3 Å². The summed E-state index contributed by atoms with van der Waals surface area (Å²) in [4.78, 5) is 21.9. The third-order valence-electron chi connectivity index (χ3n) is 3.18. The summed E-state index contributed by atoms with van der Waals surface area (Å²) in [6.07, 6.45) is 4.97. The molecule has 0 saturated heterocycles. The Hall–Kier alpha value is -0.900. The molecule has 16 heavy (non-hydrogen) atoms. The zero-order valence-corrected chi connectivity index (χ0v) is 9.83. The third kappa shape index (κ3) is 3.93. The van der Waals surface area contributed by atoms with E-state index in [1.807, 2.05) is 0 Å². The van der Waals surface area contributed by atoms with Crippen molar-refractivity contribution in [2.24, 2.45) is 5.41 Å². The minimum Gasteiger partial charge on any atom is -0.465 e. The molecule has 0 aromatic heterocycles. The second kappa shape index (κ2) is 5.99. The second-order valence-electron chi connectivity index (χ2n) is 4.76. The summed E-state index contributed by atoms with van der Waals surface area (Å²) in [7, 11) is 0. The van der Waals surface area contributed by atoms with Crippen LogP contribution in [0.5, 0.6) is 0 Å². The Morgan fingerprint density at radius 2 is 1.88 bits per heavy atom. The van der Waals surface area contributed by atoms with E-state index in [1.165, 1.54) is 13.3 Å². The van der Waals surface area contributed by atoms with Crippen LogP contribution in [0.4, 0.5) is 0 Å². The van der Waals surface area contributed by atoms with Gasteiger partial charge in [-0.15, -0.1) is 0 Å². The highest BCUT2D eigenvalue weighted by Gasteiger charge is 2.32. The van der Waals surface area contributed by atoms with Gasteiger partial charge in [0.05, 0.1) is 13.2 Å². The number of hydrogen-bond donors (Lipinski definition) is 1. The Labute approximate surface area is 96.0 Å². The molecule has 1 aliphatic rings. The summed E-state index contributed by atoms with van der Waals surface area (Å²) < 4.78 is 5.07. The van der Waals surface area contributed by atoms with Crippen molar-refractivity contribution in [3.8, 4) is 0 Å². The first kappa shape index (κ1) is 13.2. The molecule has 1 saturated carbocycles. The van der Waals surface area contributed by atoms with E-state index >= 15 is 0 Å². The Morgan fingerprint density at radius 3 is 2.38 bits per heavy atom. The van der Waals surface area contributed by atoms with Crippen LogP contribution in [0.15, 0.2) is 0 Å². The molecule has 1 fully saturated rings. The summed E-state index contributed by atoms with van der Waals surface area (Å²) in [5, 5.41) is 9.38. The van der Waals surface area contributed by atoms with E-state index in [9.17, 15) is 14.7 Å². The molecule has 0 atom stereocenters. The Morgan fingerprint density at radius 1 is 1.25 bits per heavy atom. The number of carbonyl (C=O) groups excluding carboxylic acids is 2. The van der Waals surface area contributed by atoms with Crippen LogP contribution in [0.3, 0.4) is 0 Å². The highest BCUT2D eigenvalue weighted by molar-refractivity contribution is 5.94. The predicted molar refractivity (Wildman–Crippen MR) is 58.9 cm³/mol. The van der Waals surface area contributed by atoms with E-state index in [2.05, 4.69) is 0 Å². The highest BCUT2D eigenvalue weighted by Crippen LogP contribution is 2.36. The van der Waals surface area contributed by atoms with E-state index in [-0.39, 0.29) is 30.8 Å². The van der Waals surface area contributed by atoms with Gasteiger partial charge in [-0.25, -0.2) is 0 Å². The first-order chi connectivity index (χ1) is 7.58. The molecule has 4 heteroatoms. The summed E-state index contributed by atoms with van der Waals surface area (Å²) in [6.45, 7) is 1.67. The molecule has 0 heterocycles. The van der Waals surface area contributed by atoms with Crippen LogP contribution in [0.25, 0.3) is 0 Å². The first-order valence-corrected chi connectivity index (χ1v) is 5.84. The molecular formula is C12H20O4. The number of ketones is 1. The molecule has 0 aromatic carbocycles. The molecule has 4 nitrogen and oxygen atoms in total. The molecule has 0 amide bonds. The number of Topliss-reactive ketones (excluding diaryl/α,β-unsaturated/α-hetero) is 1. The number of ether oxygens (including phenoxy) is 1. The maximum absolute atomic E-state index is 11.2. The molecular weight excluding hydrogens is 208 g/mol. The van der Waals surface area contributed by atoms with Gasteiger partial charge in [0.15, 0.2) is 0 Å². The second-order valence-corrected chi connectivity index (χ2v) is 4.76. The SMILES string of the molecule is CC(=O)CC(=O)OCC1(CO)CCCCC1. The van der Waals surface area contributed by atoms with Crippen LogP contribution in [0, 0.1) is 5.41 Å². The van der Waals surface area contributed by atoms with E-state index in [0.717, 1.165) is 25.7 Å². The maximum Gasteiger partial charge on any atom is 0.313 e. The third-order valence-corrected chi connectivity index (χ3v) is 3.18. The van der Waals surface area contributed by atoms with Gasteiger partial charge >= 0.3 is 5.97 Å². The monoisotopic (exact) mass is 228 g/mol. The van der Waals surface area contributed by atoms with Gasteiger partial charge in [-0.05, 0) is 19.8 Å². The molecule has 92 valence electrons. The largest absolute Gasteiger partial charge is 0.465 e. The van der Waals surface area contributed by atoms with Crippen LogP contribution < -0.4 is 0 Å². The van der Waals surface area contributed by atoms with Crippen molar-refractivity contribution in [3.63, 3.8) is 0 Å². The van der Waals surface area contributed by atoms with Gasteiger partial charge in [0.2, 0.25) is 0 Å². The maximum atomic E-state index is 11.2. The fourth-order valence-electron chi connectivity index (χ4n) is 2.14. The van der Waals surface area contributed by atoms with Gasteiger partial charge in [-0.1, -0.05) is 19.3 Å². The van der Waals surface area contributed by atoms with Crippen molar-refractivity contribution in [2.75, 3.05) is 13.2 Å². The van der Waals surface area contributed by atoms with Crippen molar-refractivity contribution in [1.29, 1.82) is 0 Å². The van der Waals surface area contributed by atoms with E-state index in [1.54, 1.807) is 0 Å². The lowest BCUT2D eigenvalue weighted by molar-refractivity contribution is -0.150. The number of carbonyl (C=O) groups is 2. The molecule has 0 bridgehead atoms. The van der Waals surface area contributed by atoms with E-state index < -0.39 is 5.97 Å². The zero-order chi connectivity index (χ0) is 12.0. The average molecular weight is 228 g/mol. The molecule has 1 N–H and O–H groups in total. The summed E-state index contributed by atoms with van der Waals surface area (Å²) in [5.41, 5.74) is -0.259. The fourth-order valence-corrected chi connectivity index (χ4v) is 2.14. The normalized spacial score (nSPS) is 19.1. The molecule has 0 aliphatic heterocycles. The Kier molecular flexibility index (Phi) is 4.93. The first-order valence-electron chi connectivity index (χ1n) is 5.84. The van der Waals surface area contributed by atoms with Gasteiger partial charge in [0, 0.05) is 5.41 Å². The van der Waals surface area contributed by atoms with Gasteiger partial charge in [-0.2, -0.15) is 0 Å². The Balaban J connectivity index is 2.38. The van der Waals surface area contributed by atoms with Gasteiger partial charge < -0.3 is 9.84 Å². The number of rotatable bonds is 5. The zero-order valence-electron chi connectivity index (χ0n) is 9.83. The lowest BCUT2D eigenvalue weighted by atomic mass is 9.75. The lowest BCUT2D eigenvalue weighted by Crippen LogP contribution is -2.34. The van der Waals surface area contributed by atoms with Crippen LogP contribution in [-0.4, -0.2) is 30.1 Å². The molecule has 0 radical (unpaired) electrons. The summed E-state index contributed by atoms with van der Waals surface area (Å²) >= 11 is 0. The number of hydrogen-bond acceptors (Lipinski definition) is 4. The van der Waals surface area contributed by atoms with Crippen molar-refractivity contribution in [3.05, 3.63) is 0 Å². The predicted octanol–water partition coefficient (Wildman–Crippen LogP) is 1.45. The van der Waals surface area contributed by atoms with Gasteiger partial charge in [-0.3, -0.25) is 9.59 Å². The minimum absolute atomic E-state index is 0.0559. The van der Waals surface area contributed by atoms with Crippen molar-refractivity contribution in [1.82, 2.24) is 0 Å². The molecule has 0 spiro atoms. The highest BCUT2D eigenvalue weighted by atomic mass is 16.5. The van der Waals surface area contributed by atoms with Crippen molar-refractivity contribution < 1.29 is 19.4 Å². The van der Waals surface area contributed by atoms with Crippen molar-refractivity contribution >= 4 is 11.8 Å². The lowest BCUT2D eigenvalue weighted by Gasteiger charge is -2.34. The Bertz CT molecular complexity index is 254. The van der Waals surface area contributed by atoms with E-state index in [0.29, 0.717) is 0 Å². The number of aliphatic hydroxyl groups excluding tert-OH is 1. The number of esters is 1. The van der Waals surface area contributed by atoms with Crippen LogP contribution >= 0.6 is 0 Å².